The molecule has 570 valence electrons. The number of rotatable bonds is 13. The Morgan fingerprint density at radius 3 is 1.04 bits per heavy atom. The van der Waals surface area contributed by atoms with Gasteiger partial charge in [-0.2, -0.15) is 0 Å². The van der Waals surface area contributed by atoms with Crippen LogP contribution in [-0.2, 0) is 10.8 Å². The first-order valence-electron chi connectivity index (χ1n) is 41.4. The van der Waals surface area contributed by atoms with Crippen molar-refractivity contribution in [2.24, 2.45) is 0 Å². The summed E-state index contributed by atoms with van der Waals surface area (Å²) in [4.78, 5) is 30.9. The summed E-state index contributed by atoms with van der Waals surface area (Å²) in [5.74, 6) is 3.85. The fourth-order valence-electron chi connectivity index (χ4n) is 19.2. The zero-order valence-corrected chi connectivity index (χ0v) is 67.7. The van der Waals surface area contributed by atoms with Gasteiger partial charge in [0.2, 0.25) is 0 Å². The van der Waals surface area contributed by atoms with E-state index in [0.29, 0.717) is 34.9 Å². The van der Waals surface area contributed by atoms with Gasteiger partial charge in [-0.15, -0.1) is 22.7 Å². The van der Waals surface area contributed by atoms with Gasteiger partial charge in [-0.05, 0) is 147 Å². The second-order valence-electron chi connectivity index (χ2n) is 31.4. The van der Waals surface area contributed by atoms with E-state index in [0.717, 1.165) is 72.1 Å². The van der Waals surface area contributed by atoms with Crippen molar-refractivity contribution >= 4 is 73.8 Å². The summed E-state index contributed by atoms with van der Waals surface area (Å²) in [5.41, 5.74) is 27.1. The van der Waals surface area contributed by atoms with Crippen LogP contribution in [0.1, 0.15) is 44.5 Å². The molecule has 4 aromatic heterocycles. The number of hydrogen-bond acceptors (Lipinski definition) is 8. The lowest BCUT2D eigenvalue weighted by atomic mass is 9.67. The van der Waals surface area contributed by atoms with Crippen LogP contribution >= 0.6 is 22.7 Å². The monoisotopic (exact) mass is 1590 g/mol. The highest BCUT2D eigenvalue weighted by atomic mass is 32.1. The van der Waals surface area contributed by atoms with Crippen LogP contribution in [0.15, 0.2) is 437 Å². The number of nitrogens with zero attached hydrogens (tertiary/aromatic N) is 6. The Kier molecular flexibility index (Phi) is 17.7. The second kappa shape index (κ2) is 29.9. The van der Waals surface area contributed by atoms with Crippen molar-refractivity contribution in [1.82, 2.24) is 29.9 Å². The van der Waals surface area contributed by atoms with Gasteiger partial charge in [-0.3, -0.25) is 0 Å². The summed E-state index contributed by atoms with van der Waals surface area (Å²) in [7, 11) is 0. The second-order valence-corrected chi connectivity index (χ2v) is 33.5. The van der Waals surface area contributed by atoms with Gasteiger partial charge in [0.05, 0.1) is 10.8 Å². The van der Waals surface area contributed by atoms with Gasteiger partial charge >= 0.3 is 0 Å². The van der Waals surface area contributed by atoms with E-state index in [1.807, 2.05) is 65.1 Å². The Hall–Kier alpha value is -15.3. The van der Waals surface area contributed by atoms with E-state index in [9.17, 15) is 0 Å². The van der Waals surface area contributed by atoms with E-state index in [2.05, 4.69) is 394 Å². The molecule has 122 heavy (non-hydrogen) atoms. The predicted molar refractivity (Wildman–Crippen MR) is 506 cm³/mol. The lowest BCUT2D eigenvalue weighted by Gasteiger charge is -2.33. The smallest absolute Gasteiger partial charge is 0.164 e. The normalized spacial score (nSPS) is 12.7. The largest absolute Gasteiger partial charge is 0.208 e. The molecule has 0 fully saturated rings. The molecular formula is C114H72N6S2. The fourth-order valence-corrected chi connectivity index (χ4v) is 21.6. The minimum absolute atomic E-state index is 0.433. The molecule has 0 N–H and O–H groups in total. The third-order valence-electron chi connectivity index (χ3n) is 24.7. The van der Waals surface area contributed by atoms with Crippen molar-refractivity contribution in [2.75, 3.05) is 0 Å². The highest BCUT2D eigenvalue weighted by molar-refractivity contribution is 7.26. The maximum Gasteiger partial charge on any atom is 0.164 e. The molecule has 18 aromatic carbocycles. The van der Waals surface area contributed by atoms with Crippen molar-refractivity contribution in [3.63, 3.8) is 0 Å². The Labute approximate surface area is 714 Å². The minimum Gasteiger partial charge on any atom is -0.208 e. The Morgan fingerprint density at radius 2 is 0.508 bits per heavy atom. The molecule has 0 unspecified atom stereocenters. The molecular weight excluding hydrogens is 1520 g/mol. The van der Waals surface area contributed by atoms with E-state index in [4.69, 9.17) is 29.9 Å². The maximum atomic E-state index is 5.26. The van der Waals surface area contributed by atoms with E-state index < -0.39 is 10.8 Å². The van der Waals surface area contributed by atoms with Gasteiger partial charge in [0.1, 0.15) is 0 Å². The molecule has 0 radical (unpaired) electrons. The van der Waals surface area contributed by atoms with Crippen molar-refractivity contribution in [3.05, 3.63) is 481 Å². The van der Waals surface area contributed by atoms with Gasteiger partial charge in [0.15, 0.2) is 34.9 Å². The molecule has 4 heterocycles. The van der Waals surface area contributed by atoms with Crippen LogP contribution in [0, 0.1) is 0 Å². The third kappa shape index (κ3) is 12.0. The summed E-state index contributed by atoms with van der Waals surface area (Å²) in [5, 5.41) is 7.33. The average molecular weight is 1590 g/mol. The zero-order valence-electron chi connectivity index (χ0n) is 66.1. The molecule has 0 aliphatic heterocycles. The lowest BCUT2D eigenvalue weighted by Crippen LogP contribution is -2.28. The van der Waals surface area contributed by atoms with Crippen molar-refractivity contribution in [1.29, 1.82) is 0 Å². The van der Waals surface area contributed by atoms with Crippen LogP contribution in [0.5, 0.6) is 0 Å². The highest BCUT2D eigenvalue weighted by Gasteiger charge is 2.48. The summed E-state index contributed by atoms with van der Waals surface area (Å²) in [6.07, 6.45) is 0. The molecule has 0 saturated heterocycles. The molecule has 22 aromatic rings. The van der Waals surface area contributed by atoms with E-state index in [1.54, 1.807) is 0 Å². The van der Waals surface area contributed by atoms with Gasteiger partial charge in [0, 0.05) is 73.7 Å². The zero-order chi connectivity index (χ0) is 80.7. The number of hydrogen-bond donors (Lipinski definition) is 0. The molecule has 0 spiro atoms. The molecule has 2 aliphatic rings. The number of benzene rings is 18. The molecule has 6 nitrogen and oxygen atoms in total. The molecule has 2 aliphatic carbocycles. The van der Waals surface area contributed by atoms with Gasteiger partial charge in [0.25, 0.3) is 0 Å². The van der Waals surface area contributed by atoms with Crippen molar-refractivity contribution in [2.45, 2.75) is 10.8 Å². The first-order valence-corrected chi connectivity index (χ1v) is 43.0. The van der Waals surface area contributed by atoms with Crippen LogP contribution in [0.4, 0.5) is 0 Å². The Morgan fingerprint density at radius 1 is 0.164 bits per heavy atom. The maximum absolute atomic E-state index is 5.26. The summed E-state index contributed by atoms with van der Waals surface area (Å²) in [6, 6.07) is 157. The highest BCUT2D eigenvalue weighted by Crippen LogP contribution is 2.59. The lowest BCUT2D eigenvalue weighted by molar-refractivity contribution is 0.770. The quantitative estimate of drug-likeness (QED) is 0.114. The fraction of sp³-hybridized carbons (Fsp3) is 0.0175. The third-order valence-corrected chi connectivity index (χ3v) is 26.9. The Bertz CT molecular complexity index is 7750. The van der Waals surface area contributed by atoms with E-state index in [1.165, 1.54) is 112 Å². The van der Waals surface area contributed by atoms with Crippen LogP contribution in [-0.4, -0.2) is 29.9 Å². The topological polar surface area (TPSA) is 77.3 Å². The van der Waals surface area contributed by atoms with Crippen LogP contribution in [0.25, 0.3) is 175 Å². The summed E-state index contributed by atoms with van der Waals surface area (Å²) >= 11 is 3.72. The molecule has 8 heteroatoms. The first-order chi connectivity index (χ1) is 60.5. The van der Waals surface area contributed by atoms with Gasteiger partial charge < -0.3 is 0 Å². The Balaban J connectivity index is 0.000000142. The molecule has 0 saturated carbocycles. The van der Waals surface area contributed by atoms with Gasteiger partial charge in [-0.1, -0.05) is 400 Å². The number of thiophene rings is 2. The molecule has 24 rings (SSSR count). The van der Waals surface area contributed by atoms with Gasteiger partial charge in [-0.25, -0.2) is 29.9 Å². The standard InChI is InChI=1S/C58H37N3S.C56H35N3S/c1-4-18-38(19-5-1)40-22-16-23-41(36-40)56-59-55(39-20-6-2-7-21-39)60-57(61-56)48-29-11-10-26-44(48)47-30-17-33-52-54(47)49-35-34-43(37-53(49)62-52)58(42-24-8-3-9-25-42)50-31-14-12-27-45(50)46-28-13-15-32-51(46)58;1-3-16-37(17-4-1)53-57-54(40-28-27-36-15-7-8-18-38(36)33-40)59-55(58-53)48-24-10-9-21-43(48)39-29-31-46-47-32-30-42(35-52(47)60-51(46)34-39)56(41-19-5-2-6-20-41)49-25-13-11-22-44(49)45-23-12-14-26-50(45)56/h1-37H;1-35H. The summed E-state index contributed by atoms with van der Waals surface area (Å²) < 4.78 is 5.01. The van der Waals surface area contributed by atoms with E-state index >= 15 is 0 Å². The molecule has 0 bridgehead atoms. The van der Waals surface area contributed by atoms with Crippen LogP contribution < -0.4 is 0 Å². The number of aromatic nitrogens is 6. The van der Waals surface area contributed by atoms with E-state index in [-0.39, 0.29) is 0 Å². The van der Waals surface area contributed by atoms with Crippen molar-refractivity contribution in [3.8, 4) is 124 Å². The summed E-state index contributed by atoms with van der Waals surface area (Å²) in [6.45, 7) is 0. The first kappa shape index (κ1) is 72.0. The van der Waals surface area contributed by atoms with Crippen LogP contribution in [0.2, 0.25) is 0 Å². The number of fused-ring (bicyclic) bond motifs is 13. The minimum atomic E-state index is -0.457. The van der Waals surface area contributed by atoms with Crippen molar-refractivity contribution < 1.29 is 0 Å². The molecule has 0 atom stereocenters. The SMILES string of the molecule is c1ccc(-c2cccc(-c3nc(-c4ccccc4)nc(-c4ccccc4-c4cccc5sc6cc(C7(c8ccccc8)c8ccccc8-c8ccccc87)ccc6c45)n3)c2)cc1.c1ccc(-c2nc(-c3ccc4ccccc4c3)nc(-c3ccccc3-c3ccc4c(c3)sc3cc(C5(c6ccccc6)c6ccccc6-c6ccccc65)ccc34)n2)cc1. The van der Waals surface area contributed by atoms with Crippen LogP contribution in [0.3, 0.4) is 0 Å². The molecule has 0 amide bonds. The average Bonchev–Trinajstić information content (AvgIpc) is 1.53. The predicted octanol–water partition coefficient (Wildman–Crippen LogP) is 29.4.